The van der Waals surface area contributed by atoms with Crippen molar-refractivity contribution in [3.63, 3.8) is 0 Å². The third-order valence-electron chi connectivity index (χ3n) is 5.19. The summed E-state index contributed by atoms with van der Waals surface area (Å²) in [6.07, 6.45) is -0.200. The van der Waals surface area contributed by atoms with E-state index in [0.717, 1.165) is 18.0 Å². The Morgan fingerprint density at radius 3 is 2.84 bits per heavy atom. The third-order valence-corrected chi connectivity index (χ3v) is 5.19. The van der Waals surface area contributed by atoms with Crippen molar-refractivity contribution >= 4 is 23.0 Å². The fourth-order valence-corrected chi connectivity index (χ4v) is 3.64. The lowest BCUT2D eigenvalue weighted by molar-refractivity contribution is -0.384. The molecule has 0 fully saturated rings. The minimum absolute atomic E-state index is 0.143. The van der Waals surface area contributed by atoms with Crippen LogP contribution < -0.4 is 15.0 Å². The van der Waals surface area contributed by atoms with E-state index in [9.17, 15) is 14.9 Å². The fraction of sp³-hybridized carbons (Fsp3) is 0.409. The van der Waals surface area contributed by atoms with Crippen molar-refractivity contribution in [3.05, 3.63) is 58.1 Å². The molecule has 1 N–H and O–H groups in total. The molecule has 1 atom stereocenters. The van der Waals surface area contributed by atoms with Crippen molar-refractivity contribution in [1.82, 2.24) is 4.90 Å². The van der Waals surface area contributed by atoms with Gasteiger partial charge in [-0.3, -0.25) is 14.9 Å². The van der Waals surface area contributed by atoms with Crippen LogP contribution in [0.5, 0.6) is 5.75 Å². The number of ether oxygens (including phenoxy) is 2. The van der Waals surface area contributed by atoms with Crippen LogP contribution >= 0.6 is 0 Å². The van der Waals surface area contributed by atoms with E-state index in [2.05, 4.69) is 17.1 Å². The summed E-state index contributed by atoms with van der Waals surface area (Å²) in [4.78, 5) is 27.7. The number of fused-ring (bicyclic) bond motifs is 1. The molecule has 2 aromatic carbocycles. The number of para-hydroxylation sites is 2. The van der Waals surface area contributed by atoms with Crippen molar-refractivity contribution in [2.45, 2.75) is 13.0 Å². The molecule has 0 aliphatic carbocycles. The number of hydrogen-bond donors (Lipinski definition) is 1. The van der Waals surface area contributed by atoms with Crippen LogP contribution in [0.3, 0.4) is 0 Å². The number of nitro groups is 1. The minimum atomic E-state index is -0.494. The maximum atomic E-state index is 13.0. The Hall–Kier alpha value is -3.33. The van der Waals surface area contributed by atoms with Crippen molar-refractivity contribution in [2.75, 3.05) is 57.2 Å². The summed E-state index contributed by atoms with van der Waals surface area (Å²) in [5, 5.41) is 14.4. The molecular formula is C22H28N4O5. The smallest absolute Gasteiger partial charge is 0.293 e. The van der Waals surface area contributed by atoms with E-state index in [-0.39, 0.29) is 23.3 Å². The normalized spacial score (nSPS) is 15.1. The highest BCUT2D eigenvalue weighted by atomic mass is 16.6. The zero-order chi connectivity index (χ0) is 22.4. The van der Waals surface area contributed by atoms with Crippen molar-refractivity contribution in [1.29, 1.82) is 0 Å². The molecule has 2 aromatic rings. The predicted molar refractivity (Wildman–Crippen MR) is 119 cm³/mol. The zero-order valence-electron chi connectivity index (χ0n) is 18.0. The number of rotatable bonds is 9. The van der Waals surface area contributed by atoms with Crippen LogP contribution in [0.1, 0.15) is 17.3 Å². The van der Waals surface area contributed by atoms with Gasteiger partial charge in [0, 0.05) is 38.9 Å². The number of carbonyl (C=O) groups excluding carboxylic acids is 1. The fourth-order valence-electron chi connectivity index (χ4n) is 3.64. The first-order valence-electron chi connectivity index (χ1n) is 10.2. The molecule has 0 radical (unpaired) electrons. The molecule has 0 saturated carbocycles. The van der Waals surface area contributed by atoms with Crippen LogP contribution in [0.25, 0.3) is 0 Å². The topological polar surface area (TPSA) is 97.2 Å². The maximum absolute atomic E-state index is 13.0. The number of methoxy groups -OCH3 is 1. The van der Waals surface area contributed by atoms with E-state index in [1.54, 1.807) is 31.2 Å². The molecule has 9 nitrogen and oxygen atoms in total. The van der Waals surface area contributed by atoms with E-state index in [1.807, 2.05) is 24.3 Å². The first kappa shape index (κ1) is 22.4. The standard InChI is InChI=1S/C22H28N4O5/c1-4-25-15-17(31-21-8-6-5-7-19(21)25)14-24(2)22(27)16-9-10-18(23-11-12-30-3)20(13-16)26(28)29/h5-10,13,17,23H,4,11-12,14-15H2,1-3H3. The summed E-state index contributed by atoms with van der Waals surface area (Å²) in [6, 6.07) is 12.3. The zero-order valence-corrected chi connectivity index (χ0v) is 18.0. The van der Waals surface area contributed by atoms with Crippen LogP contribution in [0.15, 0.2) is 42.5 Å². The summed E-state index contributed by atoms with van der Waals surface area (Å²) < 4.78 is 11.0. The lowest BCUT2D eigenvalue weighted by atomic mass is 10.1. The van der Waals surface area contributed by atoms with E-state index in [1.165, 1.54) is 6.07 Å². The van der Waals surface area contributed by atoms with E-state index in [4.69, 9.17) is 9.47 Å². The number of likely N-dealkylation sites (N-methyl/N-ethyl adjacent to an activating group) is 2. The highest BCUT2D eigenvalue weighted by Gasteiger charge is 2.27. The van der Waals surface area contributed by atoms with Gasteiger partial charge in [0.05, 0.1) is 30.3 Å². The Balaban J connectivity index is 1.71. The second kappa shape index (κ2) is 10.1. The van der Waals surface area contributed by atoms with Crippen LogP contribution in [0.2, 0.25) is 0 Å². The molecule has 166 valence electrons. The number of hydrogen-bond acceptors (Lipinski definition) is 7. The molecule has 1 amide bonds. The van der Waals surface area contributed by atoms with Gasteiger partial charge in [-0.25, -0.2) is 0 Å². The van der Waals surface area contributed by atoms with Crippen LogP contribution in [-0.4, -0.2) is 68.8 Å². The summed E-state index contributed by atoms with van der Waals surface area (Å²) in [5.74, 6) is 0.501. The summed E-state index contributed by atoms with van der Waals surface area (Å²) >= 11 is 0. The number of anilines is 2. The second-order valence-corrected chi connectivity index (χ2v) is 7.34. The lowest BCUT2D eigenvalue weighted by Gasteiger charge is -2.37. The number of nitrogens with one attached hydrogen (secondary N) is 1. The monoisotopic (exact) mass is 428 g/mol. The van der Waals surface area contributed by atoms with E-state index < -0.39 is 4.92 Å². The summed E-state index contributed by atoms with van der Waals surface area (Å²) in [7, 11) is 3.24. The van der Waals surface area contributed by atoms with Crippen LogP contribution in [0, 0.1) is 10.1 Å². The second-order valence-electron chi connectivity index (χ2n) is 7.34. The van der Waals surface area contributed by atoms with Gasteiger partial charge in [0.2, 0.25) is 0 Å². The van der Waals surface area contributed by atoms with Gasteiger partial charge in [-0.05, 0) is 31.2 Å². The molecule has 0 saturated heterocycles. The largest absolute Gasteiger partial charge is 0.485 e. The van der Waals surface area contributed by atoms with Crippen molar-refractivity contribution < 1.29 is 19.2 Å². The van der Waals surface area contributed by atoms with E-state index in [0.29, 0.717) is 31.9 Å². The number of benzene rings is 2. The van der Waals surface area contributed by atoms with Gasteiger partial charge in [-0.15, -0.1) is 0 Å². The highest BCUT2D eigenvalue weighted by molar-refractivity contribution is 5.95. The lowest BCUT2D eigenvalue weighted by Crippen LogP contribution is -2.46. The average Bonchev–Trinajstić information content (AvgIpc) is 2.78. The predicted octanol–water partition coefficient (Wildman–Crippen LogP) is 3.01. The molecular weight excluding hydrogens is 400 g/mol. The van der Waals surface area contributed by atoms with Gasteiger partial charge < -0.3 is 24.6 Å². The summed E-state index contributed by atoms with van der Waals surface area (Å²) in [6.45, 7) is 4.78. The molecule has 1 unspecified atom stereocenters. The van der Waals surface area contributed by atoms with E-state index >= 15 is 0 Å². The quantitative estimate of drug-likeness (QED) is 0.372. The highest BCUT2D eigenvalue weighted by Crippen LogP contribution is 2.33. The van der Waals surface area contributed by atoms with Gasteiger partial charge >= 0.3 is 0 Å². The van der Waals surface area contributed by atoms with Gasteiger partial charge in [0.1, 0.15) is 17.5 Å². The molecule has 1 heterocycles. The Morgan fingerprint density at radius 1 is 1.35 bits per heavy atom. The first-order valence-corrected chi connectivity index (χ1v) is 10.2. The molecule has 3 rings (SSSR count). The van der Waals surface area contributed by atoms with Gasteiger partial charge in [0.15, 0.2) is 0 Å². The summed E-state index contributed by atoms with van der Waals surface area (Å²) in [5.41, 5.74) is 1.51. The Kier molecular flexibility index (Phi) is 7.30. The molecule has 0 bridgehead atoms. The number of amides is 1. The number of nitro benzene ring substituents is 1. The molecule has 0 spiro atoms. The maximum Gasteiger partial charge on any atom is 0.293 e. The molecule has 0 aromatic heterocycles. The molecule has 1 aliphatic heterocycles. The molecule has 31 heavy (non-hydrogen) atoms. The molecule has 1 aliphatic rings. The Labute approximate surface area is 181 Å². The van der Waals surface area contributed by atoms with Gasteiger partial charge in [-0.2, -0.15) is 0 Å². The Bertz CT molecular complexity index is 936. The van der Waals surface area contributed by atoms with Gasteiger partial charge in [-0.1, -0.05) is 12.1 Å². The Morgan fingerprint density at radius 2 is 2.13 bits per heavy atom. The minimum Gasteiger partial charge on any atom is -0.485 e. The van der Waals surface area contributed by atoms with Crippen molar-refractivity contribution in [3.8, 4) is 5.75 Å². The first-order chi connectivity index (χ1) is 14.9. The van der Waals surface area contributed by atoms with Gasteiger partial charge in [0.25, 0.3) is 11.6 Å². The molecule has 9 heteroatoms. The van der Waals surface area contributed by atoms with Crippen molar-refractivity contribution in [2.24, 2.45) is 0 Å². The van der Waals surface area contributed by atoms with Crippen LogP contribution in [0.4, 0.5) is 17.1 Å². The third kappa shape index (κ3) is 5.24. The SMILES string of the molecule is CCN1CC(CN(C)C(=O)c2ccc(NCCOC)c([N+](=O)[O-])c2)Oc2ccccc21. The average molecular weight is 428 g/mol. The number of carbonyl (C=O) groups is 1. The number of nitrogens with zero attached hydrogens (tertiary/aromatic N) is 3. The van der Waals surface area contributed by atoms with Crippen LogP contribution in [-0.2, 0) is 4.74 Å².